The standard InChI is InChI=1S/C11H16N6O/c1-16(2)10-13-9(12)14-11(15-10)17(3)6-8-4-5-18-7-8/h4-5,7H,6H2,1-3H3,(H2,12,13,14,15). The molecule has 0 radical (unpaired) electrons. The molecule has 2 aromatic rings. The number of nitrogens with two attached hydrogens (primary N) is 1. The number of anilines is 3. The average molecular weight is 248 g/mol. The number of rotatable bonds is 4. The summed E-state index contributed by atoms with van der Waals surface area (Å²) in [6, 6.07) is 1.90. The van der Waals surface area contributed by atoms with Gasteiger partial charge in [0.15, 0.2) is 0 Å². The summed E-state index contributed by atoms with van der Waals surface area (Å²) in [5.41, 5.74) is 6.72. The van der Waals surface area contributed by atoms with Crippen LogP contribution in [0.25, 0.3) is 0 Å². The molecule has 96 valence electrons. The highest BCUT2D eigenvalue weighted by atomic mass is 16.3. The largest absolute Gasteiger partial charge is 0.472 e. The van der Waals surface area contributed by atoms with Crippen LogP contribution in [0.15, 0.2) is 23.0 Å². The van der Waals surface area contributed by atoms with E-state index in [1.54, 1.807) is 17.4 Å². The molecule has 2 heterocycles. The van der Waals surface area contributed by atoms with E-state index in [-0.39, 0.29) is 5.95 Å². The van der Waals surface area contributed by atoms with Crippen molar-refractivity contribution in [3.8, 4) is 0 Å². The molecule has 2 aromatic heterocycles. The Kier molecular flexibility index (Phi) is 3.31. The van der Waals surface area contributed by atoms with Gasteiger partial charge >= 0.3 is 0 Å². The van der Waals surface area contributed by atoms with Gasteiger partial charge < -0.3 is 20.0 Å². The molecule has 0 aliphatic heterocycles. The Morgan fingerprint density at radius 3 is 2.50 bits per heavy atom. The van der Waals surface area contributed by atoms with Crippen molar-refractivity contribution in [2.45, 2.75) is 6.54 Å². The smallest absolute Gasteiger partial charge is 0.231 e. The molecule has 0 unspecified atom stereocenters. The fourth-order valence-corrected chi connectivity index (χ4v) is 1.47. The maximum atomic E-state index is 5.67. The Labute approximate surface area is 105 Å². The van der Waals surface area contributed by atoms with Crippen LogP contribution in [0.2, 0.25) is 0 Å². The molecular weight excluding hydrogens is 232 g/mol. The van der Waals surface area contributed by atoms with Crippen molar-refractivity contribution >= 4 is 17.8 Å². The van der Waals surface area contributed by atoms with Crippen molar-refractivity contribution in [2.24, 2.45) is 0 Å². The van der Waals surface area contributed by atoms with Crippen LogP contribution < -0.4 is 15.5 Å². The van der Waals surface area contributed by atoms with Gasteiger partial charge in [0.25, 0.3) is 0 Å². The lowest BCUT2D eigenvalue weighted by Crippen LogP contribution is -2.22. The van der Waals surface area contributed by atoms with Gasteiger partial charge in [-0.2, -0.15) is 15.0 Å². The minimum absolute atomic E-state index is 0.211. The third-order valence-corrected chi connectivity index (χ3v) is 2.37. The van der Waals surface area contributed by atoms with Gasteiger partial charge in [0.1, 0.15) is 0 Å². The van der Waals surface area contributed by atoms with Crippen LogP contribution in [0.5, 0.6) is 0 Å². The molecular formula is C11H16N6O. The quantitative estimate of drug-likeness (QED) is 0.854. The molecule has 2 rings (SSSR count). The third-order valence-electron chi connectivity index (χ3n) is 2.37. The predicted octanol–water partition coefficient (Wildman–Crippen LogP) is 0.749. The molecule has 0 fully saturated rings. The Morgan fingerprint density at radius 1 is 1.17 bits per heavy atom. The van der Waals surface area contributed by atoms with Crippen molar-refractivity contribution in [2.75, 3.05) is 36.7 Å². The topological polar surface area (TPSA) is 84.3 Å². The molecule has 0 atom stereocenters. The third kappa shape index (κ3) is 2.68. The number of furan rings is 1. The highest BCUT2D eigenvalue weighted by Crippen LogP contribution is 2.14. The zero-order chi connectivity index (χ0) is 13.1. The SMILES string of the molecule is CN(C)c1nc(N)nc(N(C)Cc2ccoc2)n1. The van der Waals surface area contributed by atoms with Crippen molar-refractivity contribution in [3.63, 3.8) is 0 Å². The molecule has 0 aliphatic rings. The number of nitrogens with zero attached hydrogens (tertiary/aromatic N) is 5. The van der Waals surface area contributed by atoms with E-state index in [1.165, 1.54) is 0 Å². The zero-order valence-corrected chi connectivity index (χ0v) is 10.7. The fraction of sp³-hybridized carbons (Fsp3) is 0.364. The van der Waals surface area contributed by atoms with Crippen molar-refractivity contribution in [3.05, 3.63) is 24.2 Å². The summed E-state index contributed by atoms with van der Waals surface area (Å²) >= 11 is 0. The summed E-state index contributed by atoms with van der Waals surface area (Å²) in [4.78, 5) is 16.2. The van der Waals surface area contributed by atoms with E-state index < -0.39 is 0 Å². The van der Waals surface area contributed by atoms with Crippen molar-refractivity contribution in [1.82, 2.24) is 15.0 Å². The Bertz CT molecular complexity index is 510. The average Bonchev–Trinajstić information content (AvgIpc) is 2.80. The molecule has 7 nitrogen and oxygen atoms in total. The zero-order valence-electron chi connectivity index (χ0n) is 10.7. The van der Waals surface area contributed by atoms with Gasteiger partial charge in [0.05, 0.1) is 12.5 Å². The van der Waals surface area contributed by atoms with Crippen LogP contribution in [0.4, 0.5) is 17.8 Å². The predicted molar refractivity (Wildman–Crippen MR) is 69.4 cm³/mol. The van der Waals surface area contributed by atoms with E-state index in [0.717, 1.165) is 5.56 Å². The second-order valence-corrected chi connectivity index (χ2v) is 4.18. The van der Waals surface area contributed by atoms with Gasteiger partial charge in [-0.15, -0.1) is 0 Å². The van der Waals surface area contributed by atoms with Gasteiger partial charge in [-0.1, -0.05) is 0 Å². The van der Waals surface area contributed by atoms with E-state index in [4.69, 9.17) is 10.2 Å². The second kappa shape index (κ2) is 4.91. The van der Waals surface area contributed by atoms with Crippen molar-refractivity contribution < 1.29 is 4.42 Å². The molecule has 0 spiro atoms. The summed E-state index contributed by atoms with van der Waals surface area (Å²) in [6.45, 7) is 0.646. The molecule has 0 aliphatic carbocycles. The Morgan fingerprint density at radius 2 is 1.89 bits per heavy atom. The number of nitrogen functional groups attached to an aromatic ring is 1. The molecule has 18 heavy (non-hydrogen) atoms. The summed E-state index contributed by atoms with van der Waals surface area (Å²) in [7, 11) is 5.60. The van der Waals surface area contributed by atoms with Crippen LogP contribution in [-0.4, -0.2) is 36.1 Å². The maximum Gasteiger partial charge on any atom is 0.231 e. The first-order valence-corrected chi connectivity index (χ1v) is 5.47. The van der Waals surface area contributed by atoms with Crippen LogP contribution in [-0.2, 0) is 6.54 Å². The minimum atomic E-state index is 0.211. The highest BCUT2D eigenvalue weighted by molar-refractivity contribution is 5.42. The summed E-state index contributed by atoms with van der Waals surface area (Å²) in [5.74, 6) is 1.28. The Hall–Kier alpha value is -2.31. The first-order chi connectivity index (χ1) is 8.56. The molecule has 0 bridgehead atoms. The van der Waals surface area contributed by atoms with Crippen molar-refractivity contribution in [1.29, 1.82) is 0 Å². The number of hydrogen-bond acceptors (Lipinski definition) is 7. The van der Waals surface area contributed by atoms with Gasteiger partial charge in [0, 0.05) is 33.3 Å². The van der Waals surface area contributed by atoms with Crippen LogP contribution in [0.1, 0.15) is 5.56 Å². The van der Waals surface area contributed by atoms with Crippen LogP contribution in [0.3, 0.4) is 0 Å². The molecule has 0 aromatic carbocycles. The normalized spacial score (nSPS) is 10.4. The molecule has 0 amide bonds. The van der Waals surface area contributed by atoms with E-state index in [1.807, 2.05) is 32.1 Å². The van der Waals surface area contributed by atoms with E-state index in [0.29, 0.717) is 18.4 Å². The lowest BCUT2D eigenvalue weighted by molar-refractivity contribution is 0.563. The van der Waals surface area contributed by atoms with E-state index in [9.17, 15) is 0 Å². The van der Waals surface area contributed by atoms with Gasteiger partial charge in [-0.3, -0.25) is 0 Å². The van der Waals surface area contributed by atoms with Crippen LogP contribution in [0, 0.1) is 0 Å². The lowest BCUT2D eigenvalue weighted by atomic mass is 10.3. The first kappa shape index (κ1) is 12.2. The van der Waals surface area contributed by atoms with E-state index >= 15 is 0 Å². The molecule has 7 heteroatoms. The lowest BCUT2D eigenvalue weighted by Gasteiger charge is -2.18. The first-order valence-electron chi connectivity index (χ1n) is 5.47. The monoisotopic (exact) mass is 248 g/mol. The highest BCUT2D eigenvalue weighted by Gasteiger charge is 2.11. The van der Waals surface area contributed by atoms with E-state index in [2.05, 4.69) is 15.0 Å². The van der Waals surface area contributed by atoms with Gasteiger partial charge in [-0.05, 0) is 6.07 Å². The number of aromatic nitrogens is 3. The number of hydrogen-bond donors (Lipinski definition) is 1. The van der Waals surface area contributed by atoms with Crippen LogP contribution >= 0.6 is 0 Å². The molecule has 0 saturated heterocycles. The van der Waals surface area contributed by atoms with Gasteiger partial charge in [-0.25, -0.2) is 0 Å². The molecule has 2 N–H and O–H groups in total. The summed E-state index contributed by atoms with van der Waals surface area (Å²) in [6.07, 6.45) is 3.32. The second-order valence-electron chi connectivity index (χ2n) is 4.18. The maximum absolute atomic E-state index is 5.67. The Balaban J connectivity index is 2.21. The summed E-state index contributed by atoms with van der Waals surface area (Å²) in [5, 5.41) is 0. The minimum Gasteiger partial charge on any atom is -0.472 e. The van der Waals surface area contributed by atoms with Gasteiger partial charge in [0.2, 0.25) is 17.8 Å². The summed E-state index contributed by atoms with van der Waals surface area (Å²) < 4.78 is 5.02. The fourth-order valence-electron chi connectivity index (χ4n) is 1.47. The molecule has 0 saturated carbocycles.